The molecule has 0 unspecified atom stereocenters. The number of aliphatic hydroxyl groups excluding tert-OH is 1. The third-order valence-corrected chi connectivity index (χ3v) is 6.37. The van der Waals surface area contributed by atoms with E-state index in [1.807, 2.05) is 6.79 Å². The monoisotopic (exact) mass is 593 g/mol. The van der Waals surface area contributed by atoms with Crippen LogP contribution in [0.15, 0.2) is 16.9 Å². The van der Waals surface area contributed by atoms with Gasteiger partial charge in [-0.1, -0.05) is 0 Å². The number of morpholine rings is 1. The molecule has 3 rings (SSSR count). The van der Waals surface area contributed by atoms with Crippen molar-refractivity contribution in [3.05, 3.63) is 28.0 Å². The first kappa shape index (κ1) is 33.8. The highest BCUT2D eigenvalue weighted by molar-refractivity contribution is 5.97. The van der Waals surface area contributed by atoms with Gasteiger partial charge in [-0.15, -0.1) is 0 Å². The summed E-state index contributed by atoms with van der Waals surface area (Å²) in [6.45, 7) is 3.20. The summed E-state index contributed by atoms with van der Waals surface area (Å²) >= 11 is 0. The molecule has 2 aromatic rings. The number of carboxylic acid groups (broad SMARTS) is 1. The highest BCUT2D eigenvalue weighted by Gasteiger charge is 2.25. The van der Waals surface area contributed by atoms with Gasteiger partial charge in [-0.25, -0.2) is 0 Å². The Labute approximate surface area is 240 Å². The van der Waals surface area contributed by atoms with Crippen LogP contribution in [0.4, 0.5) is 5.69 Å². The highest BCUT2D eigenvalue weighted by atomic mass is 16.6. The van der Waals surface area contributed by atoms with Crippen LogP contribution in [0.5, 0.6) is 11.5 Å². The van der Waals surface area contributed by atoms with Crippen molar-refractivity contribution in [3.8, 4) is 11.5 Å². The number of anilines is 1. The summed E-state index contributed by atoms with van der Waals surface area (Å²) in [7, 11) is 2.96. The molecule has 1 saturated heterocycles. The maximum atomic E-state index is 12.8. The molecule has 0 atom stereocenters. The molecule has 4 N–H and O–H groups in total. The van der Waals surface area contributed by atoms with Crippen LogP contribution in [-0.2, 0) is 28.7 Å². The number of fused-ring (bicyclic) bond motifs is 1. The molecule has 1 aliphatic rings. The first-order chi connectivity index (χ1) is 20.0. The normalized spacial score (nSPS) is 13.5. The lowest BCUT2D eigenvalue weighted by molar-refractivity contribution is -0.167. The van der Waals surface area contributed by atoms with Gasteiger partial charge < -0.3 is 39.5 Å². The van der Waals surface area contributed by atoms with E-state index in [0.717, 1.165) is 0 Å². The predicted molar refractivity (Wildman–Crippen MR) is 148 cm³/mol. The maximum absolute atomic E-state index is 12.8. The average Bonchev–Trinajstić information content (AvgIpc) is 2.95. The fourth-order valence-electron chi connectivity index (χ4n) is 4.31. The molecular weight excluding hydrogens is 558 g/mol. The average molecular weight is 594 g/mol. The third kappa shape index (κ3) is 9.34. The Balaban J connectivity index is 0.00000301. The number of benzene rings is 1. The molecular formula is C26H35N5O11. The van der Waals surface area contributed by atoms with Crippen LogP contribution >= 0.6 is 0 Å². The zero-order valence-electron chi connectivity index (χ0n) is 23.6. The van der Waals surface area contributed by atoms with E-state index in [4.69, 9.17) is 14.3 Å². The Hall–Kier alpha value is -4.38. The number of hydrogen-bond donors (Lipinski definition) is 4. The number of carbonyl (C=O) groups excluding carboxylic acids is 4. The second-order valence-electron chi connectivity index (χ2n) is 9.18. The zero-order chi connectivity index (χ0) is 31.4. The molecule has 1 aromatic carbocycles. The van der Waals surface area contributed by atoms with Crippen molar-refractivity contribution >= 4 is 47.2 Å². The number of ether oxygens (including phenoxy) is 3. The number of aromatic amines is 1. The molecule has 0 aliphatic carbocycles. The largest absolute Gasteiger partial charge is 0.493 e. The Morgan fingerprint density at radius 1 is 1.02 bits per heavy atom. The number of pyridine rings is 1. The lowest BCUT2D eigenvalue weighted by atomic mass is 10.1. The van der Waals surface area contributed by atoms with Gasteiger partial charge in [0.1, 0.15) is 12.5 Å². The van der Waals surface area contributed by atoms with Gasteiger partial charge in [0, 0.05) is 37.6 Å². The van der Waals surface area contributed by atoms with Gasteiger partial charge in [-0.3, -0.25) is 38.7 Å². The van der Waals surface area contributed by atoms with Crippen molar-refractivity contribution in [1.29, 1.82) is 0 Å². The van der Waals surface area contributed by atoms with Crippen molar-refractivity contribution in [3.63, 3.8) is 0 Å². The SMILES string of the molecule is C=O.COc1cc2[nH]c(=O)c(NC(=O)CN(CO)CCN(CCN3CC(=O)OC(=O)C3)CC(=O)O)c(C)c2cc1OC. The van der Waals surface area contributed by atoms with E-state index in [1.165, 1.54) is 19.1 Å². The van der Waals surface area contributed by atoms with E-state index in [2.05, 4.69) is 15.0 Å². The topological polar surface area (TPSA) is 208 Å². The molecule has 16 nitrogen and oxygen atoms in total. The van der Waals surface area contributed by atoms with Gasteiger partial charge in [-0.2, -0.15) is 0 Å². The van der Waals surface area contributed by atoms with E-state index in [9.17, 15) is 34.2 Å². The quantitative estimate of drug-likeness (QED) is 0.113. The number of aromatic nitrogens is 1. The second kappa shape index (κ2) is 16.2. The number of esters is 2. The van der Waals surface area contributed by atoms with Crippen molar-refractivity contribution in [2.75, 3.05) is 78.6 Å². The van der Waals surface area contributed by atoms with E-state index in [1.54, 1.807) is 28.9 Å². The smallest absolute Gasteiger partial charge is 0.327 e. The second-order valence-corrected chi connectivity index (χ2v) is 9.18. The number of cyclic esters (lactones) is 2. The van der Waals surface area contributed by atoms with Crippen LogP contribution in [0.2, 0.25) is 0 Å². The Morgan fingerprint density at radius 2 is 1.62 bits per heavy atom. The number of nitrogens with one attached hydrogen (secondary N) is 2. The first-order valence-electron chi connectivity index (χ1n) is 12.6. The molecule has 1 aromatic heterocycles. The molecule has 0 spiro atoms. The standard InChI is InChI=1S/C25H33N5O10.CH2O/c1-15-16-8-18(38-2)19(39-3)9-17(16)26-25(37)24(15)27-20(32)10-30(14-31)7-5-28(11-21(33)34)4-6-29-12-22(35)40-23(36)13-29;1-2/h8-9,31H,4-7,10-14H2,1-3H3,(H,26,37)(H,27,32)(H,33,34);1H2. The third-order valence-electron chi connectivity index (χ3n) is 6.37. The number of H-pyrrole nitrogens is 1. The number of nitrogens with zero attached hydrogens (tertiary/aromatic N) is 3. The number of aliphatic hydroxyl groups is 1. The predicted octanol–water partition coefficient (Wildman–Crippen LogP) is -1.37. The number of carbonyl (C=O) groups is 5. The molecule has 2 heterocycles. The number of aliphatic carboxylic acids is 1. The Bertz CT molecular complexity index is 1330. The molecule has 1 aliphatic heterocycles. The lowest BCUT2D eigenvalue weighted by Crippen LogP contribution is -2.48. The van der Waals surface area contributed by atoms with E-state index in [0.29, 0.717) is 28.0 Å². The summed E-state index contributed by atoms with van der Waals surface area (Å²) < 4.78 is 15.1. The number of rotatable bonds is 14. The van der Waals surface area contributed by atoms with Crippen molar-refractivity contribution < 1.29 is 48.4 Å². The first-order valence-corrected chi connectivity index (χ1v) is 12.6. The molecule has 230 valence electrons. The van der Waals surface area contributed by atoms with Crippen LogP contribution in [0, 0.1) is 6.92 Å². The van der Waals surface area contributed by atoms with Gasteiger partial charge in [-0.05, 0) is 18.6 Å². The van der Waals surface area contributed by atoms with Crippen LogP contribution in [-0.4, -0.2) is 134 Å². The summed E-state index contributed by atoms with van der Waals surface area (Å²) in [6, 6.07) is 3.31. The fourth-order valence-corrected chi connectivity index (χ4v) is 4.31. The van der Waals surface area contributed by atoms with Gasteiger partial charge in [0.25, 0.3) is 5.56 Å². The molecule has 16 heteroatoms. The van der Waals surface area contributed by atoms with Crippen LogP contribution in [0.1, 0.15) is 5.56 Å². The van der Waals surface area contributed by atoms with Crippen molar-refractivity contribution in [1.82, 2.24) is 19.7 Å². The van der Waals surface area contributed by atoms with Gasteiger partial charge in [0.05, 0.1) is 52.6 Å². The minimum absolute atomic E-state index is 0.0460. The van der Waals surface area contributed by atoms with Crippen molar-refractivity contribution in [2.45, 2.75) is 6.92 Å². The minimum Gasteiger partial charge on any atom is -0.493 e. The summed E-state index contributed by atoms with van der Waals surface area (Å²) in [5.74, 6) is -2.09. The van der Waals surface area contributed by atoms with E-state index in [-0.39, 0.29) is 58.0 Å². The lowest BCUT2D eigenvalue weighted by Gasteiger charge is -2.29. The van der Waals surface area contributed by atoms with Crippen molar-refractivity contribution in [2.24, 2.45) is 0 Å². The Morgan fingerprint density at radius 3 is 2.19 bits per heavy atom. The molecule has 1 fully saturated rings. The van der Waals surface area contributed by atoms with Crippen LogP contribution in [0.3, 0.4) is 0 Å². The number of methoxy groups -OCH3 is 2. The zero-order valence-corrected chi connectivity index (χ0v) is 23.6. The fraction of sp³-hybridized carbons (Fsp3) is 0.462. The molecule has 1 amide bonds. The van der Waals surface area contributed by atoms with E-state index >= 15 is 0 Å². The molecule has 0 saturated carbocycles. The van der Waals surface area contributed by atoms with Gasteiger partial charge >= 0.3 is 17.9 Å². The molecule has 42 heavy (non-hydrogen) atoms. The van der Waals surface area contributed by atoms with Crippen LogP contribution < -0.4 is 20.3 Å². The Kier molecular flexibility index (Phi) is 13.0. The van der Waals surface area contributed by atoms with Gasteiger partial charge in [0.15, 0.2) is 11.5 Å². The van der Waals surface area contributed by atoms with Crippen LogP contribution in [0.25, 0.3) is 10.9 Å². The summed E-state index contributed by atoms with van der Waals surface area (Å²) in [6.07, 6.45) is 0. The maximum Gasteiger partial charge on any atom is 0.327 e. The number of hydrogen-bond acceptors (Lipinski definition) is 13. The van der Waals surface area contributed by atoms with E-state index < -0.39 is 36.1 Å². The number of aryl methyl sites for hydroxylation is 1. The molecule has 0 radical (unpaired) electrons. The number of carboxylic acids is 1. The number of amides is 1. The summed E-state index contributed by atoms with van der Waals surface area (Å²) in [4.78, 5) is 75.0. The minimum atomic E-state index is -1.08. The summed E-state index contributed by atoms with van der Waals surface area (Å²) in [5.41, 5.74) is 0.536. The summed E-state index contributed by atoms with van der Waals surface area (Å²) in [5, 5.41) is 22.3. The van der Waals surface area contributed by atoms with Gasteiger partial charge in [0.2, 0.25) is 5.91 Å². The molecule has 0 bridgehead atoms. The highest BCUT2D eigenvalue weighted by Crippen LogP contribution is 2.33.